The first-order valence-electron chi connectivity index (χ1n) is 8.17. The molecule has 1 aromatic rings. The first-order chi connectivity index (χ1) is 10.2. The predicted octanol–water partition coefficient (Wildman–Crippen LogP) is 3.01. The van der Waals surface area contributed by atoms with Gasteiger partial charge in [0.15, 0.2) is 0 Å². The highest BCUT2D eigenvalue weighted by molar-refractivity contribution is 5.57. The van der Waals surface area contributed by atoms with Crippen LogP contribution >= 0.6 is 0 Å². The number of hydrogen-bond donors (Lipinski definition) is 2. The van der Waals surface area contributed by atoms with E-state index in [0.717, 1.165) is 68.1 Å². The van der Waals surface area contributed by atoms with Gasteiger partial charge in [-0.2, -0.15) is 0 Å². The molecule has 0 atom stereocenters. The zero-order valence-corrected chi connectivity index (χ0v) is 13.5. The van der Waals surface area contributed by atoms with Crippen molar-refractivity contribution in [1.82, 2.24) is 9.97 Å². The van der Waals surface area contributed by atoms with Crippen molar-refractivity contribution in [2.45, 2.75) is 46.5 Å². The third kappa shape index (κ3) is 5.16. The quantitative estimate of drug-likeness (QED) is 0.649. The number of aromatic nitrogens is 2. The Bertz CT molecular complexity index is 446. The molecule has 0 unspecified atom stereocenters. The molecule has 1 aliphatic rings. The molecule has 0 amide bonds. The van der Waals surface area contributed by atoms with Crippen molar-refractivity contribution in [2.75, 3.05) is 36.9 Å². The lowest BCUT2D eigenvalue weighted by Gasteiger charge is -2.14. The second-order valence-electron chi connectivity index (χ2n) is 5.64. The SMILES string of the molecule is CCNc1nc(CC)nc(NCCCOCC2CC2)c1C. The Morgan fingerprint density at radius 3 is 2.48 bits per heavy atom. The Labute approximate surface area is 127 Å². The van der Waals surface area contributed by atoms with Crippen molar-refractivity contribution in [3.8, 4) is 0 Å². The molecule has 0 radical (unpaired) electrons. The molecule has 1 saturated carbocycles. The average molecular weight is 292 g/mol. The molecule has 5 nitrogen and oxygen atoms in total. The minimum Gasteiger partial charge on any atom is -0.381 e. The van der Waals surface area contributed by atoms with Gasteiger partial charge in [-0.05, 0) is 39.0 Å². The van der Waals surface area contributed by atoms with Gasteiger partial charge >= 0.3 is 0 Å². The molecule has 0 aliphatic heterocycles. The topological polar surface area (TPSA) is 59.1 Å². The maximum Gasteiger partial charge on any atom is 0.134 e. The number of aryl methyl sites for hydroxylation is 1. The molecule has 1 heterocycles. The highest BCUT2D eigenvalue weighted by Crippen LogP contribution is 2.28. The maximum atomic E-state index is 5.65. The van der Waals surface area contributed by atoms with Gasteiger partial charge in [0.05, 0.1) is 0 Å². The third-order valence-electron chi connectivity index (χ3n) is 3.66. The smallest absolute Gasteiger partial charge is 0.134 e. The molecular formula is C16H28N4O. The van der Waals surface area contributed by atoms with E-state index in [-0.39, 0.29) is 0 Å². The fourth-order valence-corrected chi connectivity index (χ4v) is 2.15. The van der Waals surface area contributed by atoms with Gasteiger partial charge in [0.1, 0.15) is 17.5 Å². The minimum absolute atomic E-state index is 0.828. The Kier molecular flexibility index (Phi) is 6.23. The molecule has 1 aliphatic carbocycles. The molecule has 2 N–H and O–H groups in total. The van der Waals surface area contributed by atoms with Crippen LogP contribution in [0.2, 0.25) is 0 Å². The average Bonchev–Trinajstić information content (AvgIpc) is 3.30. The van der Waals surface area contributed by atoms with E-state index in [2.05, 4.69) is 41.4 Å². The van der Waals surface area contributed by atoms with Gasteiger partial charge in [-0.1, -0.05) is 6.92 Å². The van der Waals surface area contributed by atoms with Gasteiger partial charge in [-0.3, -0.25) is 0 Å². The van der Waals surface area contributed by atoms with E-state index in [1.807, 2.05) is 0 Å². The number of anilines is 2. The predicted molar refractivity (Wildman–Crippen MR) is 87.0 cm³/mol. The fourth-order valence-electron chi connectivity index (χ4n) is 2.15. The van der Waals surface area contributed by atoms with E-state index in [1.165, 1.54) is 12.8 Å². The maximum absolute atomic E-state index is 5.65. The van der Waals surface area contributed by atoms with Crippen LogP contribution in [0.4, 0.5) is 11.6 Å². The summed E-state index contributed by atoms with van der Waals surface area (Å²) in [6.45, 7) is 9.74. The molecular weight excluding hydrogens is 264 g/mol. The summed E-state index contributed by atoms with van der Waals surface area (Å²) < 4.78 is 5.65. The molecule has 1 aromatic heterocycles. The second-order valence-corrected chi connectivity index (χ2v) is 5.64. The number of hydrogen-bond acceptors (Lipinski definition) is 5. The molecule has 0 spiro atoms. The zero-order chi connectivity index (χ0) is 15.1. The van der Waals surface area contributed by atoms with E-state index in [9.17, 15) is 0 Å². The normalized spacial score (nSPS) is 14.2. The zero-order valence-electron chi connectivity index (χ0n) is 13.5. The highest BCUT2D eigenvalue weighted by atomic mass is 16.5. The Hall–Kier alpha value is -1.36. The molecule has 118 valence electrons. The van der Waals surface area contributed by atoms with Gasteiger partial charge in [0, 0.05) is 38.3 Å². The van der Waals surface area contributed by atoms with E-state index < -0.39 is 0 Å². The van der Waals surface area contributed by atoms with E-state index in [4.69, 9.17) is 4.74 Å². The molecule has 0 saturated heterocycles. The molecule has 5 heteroatoms. The fraction of sp³-hybridized carbons (Fsp3) is 0.750. The van der Waals surface area contributed by atoms with Crippen molar-refractivity contribution < 1.29 is 4.74 Å². The monoisotopic (exact) mass is 292 g/mol. The molecule has 2 rings (SSSR count). The van der Waals surface area contributed by atoms with Crippen LogP contribution in [0.3, 0.4) is 0 Å². The van der Waals surface area contributed by atoms with E-state index in [1.54, 1.807) is 0 Å². The van der Waals surface area contributed by atoms with Crippen molar-refractivity contribution >= 4 is 11.6 Å². The van der Waals surface area contributed by atoms with Crippen molar-refractivity contribution in [1.29, 1.82) is 0 Å². The second kappa shape index (κ2) is 8.17. The van der Waals surface area contributed by atoms with E-state index >= 15 is 0 Å². The first-order valence-corrected chi connectivity index (χ1v) is 8.17. The Morgan fingerprint density at radius 2 is 1.86 bits per heavy atom. The Balaban J connectivity index is 1.80. The van der Waals surface area contributed by atoms with Gasteiger partial charge in [-0.25, -0.2) is 9.97 Å². The standard InChI is InChI=1S/C16H28N4O/c1-4-14-19-15(17-5-2)12(3)16(20-14)18-9-6-10-21-11-13-7-8-13/h13H,4-11H2,1-3H3,(H2,17,18,19,20). The molecule has 0 bridgehead atoms. The molecule has 1 fully saturated rings. The molecule has 0 aromatic carbocycles. The summed E-state index contributed by atoms with van der Waals surface area (Å²) in [4.78, 5) is 9.12. The lowest BCUT2D eigenvalue weighted by atomic mass is 10.2. The van der Waals surface area contributed by atoms with Crippen LogP contribution in [0.25, 0.3) is 0 Å². The van der Waals surface area contributed by atoms with Crippen molar-refractivity contribution in [3.63, 3.8) is 0 Å². The van der Waals surface area contributed by atoms with Crippen LogP contribution in [0, 0.1) is 12.8 Å². The lowest BCUT2D eigenvalue weighted by Crippen LogP contribution is -2.13. The number of rotatable bonds is 10. The van der Waals surface area contributed by atoms with Crippen molar-refractivity contribution in [2.24, 2.45) is 5.92 Å². The highest BCUT2D eigenvalue weighted by Gasteiger charge is 2.20. The lowest BCUT2D eigenvalue weighted by molar-refractivity contribution is 0.124. The van der Waals surface area contributed by atoms with Crippen LogP contribution in [0.15, 0.2) is 0 Å². The number of nitrogens with zero attached hydrogens (tertiary/aromatic N) is 2. The van der Waals surface area contributed by atoms with Crippen LogP contribution < -0.4 is 10.6 Å². The number of ether oxygens (including phenoxy) is 1. The molecule has 21 heavy (non-hydrogen) atoms. The van der Waals surface area contributed by atoms with Gasteiger partial charge in [0.25, 0.3) is 0 Å². The number of nitrogens with one attached hydrogen (secondary N) is 2. The van der Waals surface area contributed by atoms with Crippen molar-refractivity contribution in [3.05, 3.63) is 11.4 Å². The van der Waals surface area contributed by atoms with Crippen LogP contribution in [0.1, 0.15) is 44.5 Å². The summed E-state index contributed by atoms with van der Waals surface area (Å²) in [6, 6.07) is 0. The summed E-state index contributed by atoms with van der Waals surface area (Å²) in [5.41, 5.74) is 1.09. The summed E-state index contributed by atoms with van der Waals surface area (Å²) in [7, 11) is 0. The third-order valence-corrected chi connectivity index (χ3v) is 3.66. The van der Waals surface area contributed by atoms with Crippen LogP contribution in [-0.4, -0.2) is 36.3 Å². The summed E-state index contributed by atoms with van der Waals surface area (Å²) in [6.07, 6.45) is 4.56. The van der Waals surface area contributed by atoms with Crippen LogP contribution in [0.5, 0.6) is 0 Å². The summed E-state index contributed by atoms with van der Waals surface area (Å²) in [5.74, 6) is 3.61. The minimum atomic E-state index is 0.828. The van der Waals surface area contributed by atoms with Gasteiger partial charge < -0.3 is 15.4 Å². The summed E-state index contributed by atoms with van der Waals surface area (Å²) in [5, 5.41) is 6.72. The largest absolute Gasteiger partial charge is 0.381 e. The Morgan fingerprint density at radius 1 is 1.14 bits per heavy atom. The first kappa shape index (κ1) is 16.0. The van der Waals surface area contributed by atoms with Gasteiger partial charge in [0.2, 0.25) is 0 Å². The van der Waals surface area contributed by atoms with E-state index in [0.29, 0.717) is 0 Å². The van der Waals surface area contributed by atoms with Gasteiger partial charge in [-0.15, -0.1) is 0 Å². The van der Waals surface area contributed by atoms with Crippen LogP contribution in [-0.2, 0) is 11.2 Å². The summed E-state index contributed by atoms with van der Waals surface area (Å²) >= 11 is 0.